The molecule has 8 heteroatoms. The molecule has 1 heterocycles. The third-order valence-electron chi connectivity index (χ3n) is 4.26. The van der Waals surface area contributed by atoms with Crippen molar-refractivity contribution in [1.29, 1.82) is 0 Å². The highest BCUT2D eigenvalue weighted by atomic mass is 35.5. The van der Waals surface area contributed by atoms with Crippen molar-refractivity contribution in [3.63, 3.8) is 0 Å². The highest BCUT2D eigenvalue weighted by molar-refractivity contribution is 6.35. The normalized spacial score (nSPS) is 10.5. The zero-order valence-corrected chi connectivity index (χ0v) is 17.3. The summed E-state index contributed by atoms with van der Waals surface area (Å²) in [6, 6.07) is 13.1. The molecular formula is C21H18Cl2N2O4. The van der Waals surface area contributed by atoms with E-state index < -0.39 is 11.5 Å². The van der Waals surface area contributed by atoms with E-state index in [0.29, 0.717) is 27.2 Å². The largest absolute Gasteiger partial charge is 0.493 e. The molecule has 150 valence electrons. The van der Waals surface area contributed by atoms with Gasteiger partial charge in [0.1, 0.15) is 5.56 Å². The van der Waals surface area contributed by atoms with Crippen molar-refractivity contribution in [2.24, 2.45) is 0 Å². The summed E-state index contributed by atoms with van der Waals surface area (Å²) in [6.45, 7) is 0.215. The Bertz CT molecular complexity index is 1110. The first-order valence-corrected chi connectivity index (χ1v) is 9.35. The second-order valence-electron chi connectivity index (χ2n) is 6.11. The molecule has 1 N–H and O–H groups in total. The van der Waals surface area contributed by atoms with Crippen molar-refractivity contribution in [2.45, 2.75) is 6.54 Å². The lowest BCUT2D eigenvalue weighted by Gasteiger charge is -2.12. The number of nitrogens with zero attached hydrogens (tertiary/aromatic N) is 1. The van der Waals surface area contributed by atoms with E-state index in [2.05, 4.69) is 5.32 Å². The Morgan fingerprint density at radius 2 is 1.79 bits per heavy atom. The molecule has 2 aromatic carbocycles. The van der Waals surface area contributed by atoms with E-state index in [1.807, 2.05) is 0 Å². The summed E-state index contributed by atoms with van der Waals surface area (Å²) in [7, 11) is 3.02. The Kier molecular flexibility index (Phi) is 6.46. The molecule has 0 unspecified atom stereocenters. The monoisotopic (exact) mass is 432 g/mol. The third kappa shape index (κ3) is 4.72. The van der Waals surface area contributed by atoms with Gasteiger partial charge in [0.15, 0.2) is 11.5 Å². The number of rotatable bonds is 6. The van der Waals surface area contributed by atoms with Crippen molar-refractivity contribution in [2.75, 3.05) is 19.5 Å². The van der Waals surface area contributed by atoms with Crippen LogP contribution in [0.1, 0.15) is 15.9 Å². The van der Waals surface area contributed by atoms with Gasteiger partial charge in [-0.2, -0.15) is 0 Å². The Labute approximate surface area is 177 Å². The second kappa shape index (κ2) is 9.03. The van der Waals surface area contributed by atoms with Gasteiger partial charge in [0, 0.05) is 28.0 Å². The molecule has 3 rings (SSSR count). The van der Waals surface area contributed by atoms with Crippen LogP contribution in [-0.2, 0) is 6.54 Å². The van der Waals surface area contributed by atoms with Crippen molar-refractivity contribution < 1.29 is 14.3 Å². The molecule has 0 spiro atoms. The van der Waals surface area contributed by atoms with E-state index >= 15 is 0 Å². The Balaban J connectivity index is 1.85. The van der Waals surface area contributed by atoms with Crippen LogP contribution in [0.5, 0.6) is 11.5 Å². The number of hydrogen-bond donors (Lipinski definition) is 1. The van der Waals surface area contributed by atoms with Gasteiger partial charge in [0.25, 0.3) is 11.5 Å². The Morgan fingerprint density at radius 3 is 2.48 bits per heavy atom. The van der Waals surface area contributed by atoms with Gasteiger partial charge in [0.05, 0.1) is 20.8 Å². The number of carbonyl (C=O) groups excluding carboxylic acids is 1. The predicted octanol–water partition coefficient (Wildman–Crippen LogP) is 4.47. The van der Waals surface area contributed by atoms with E-state index in [-0.39, 0.29) is 12.1 Å². The van der Waals surface area contributed by atoms with Crippen molar-refractivity contribution in [3.05, 3.63) is 86.3 Å². The number of amides is 1. The summed E-state index contributed by atoms with van der Waals surface area (Å²) in [5.41, 5.74) is 0.766. The van der Waals surface area contributed by atoms with Crippen LogP contribution in [0.4, 0.5) is 5.69 Å². The summed E-state index contributed by atoms with van der Waals surface area (Å²) in [5, 5.41) is 3.66. The first-order valence-electron chi connectivity index (χ1n) is 8.59. The molecule has 0 radical (unpaired) electrons. The highest BCUT2D eigenvalue weighted by Gasteiger charge is 2.14. The maximum absolute atomic E-state index is 12.8. The molecule has 0 bridgehead atoms. The number of methoxy groups -OCH3 is 2. The lowest BCUT2D eigenvalue weighted by molar-refractivity contribution is 0.102. The predicted molar refractivity (Wildman–Crippen MR) is 114 cm³/mol. The minimum atomic E-state index is -0.529. The van der Waals surface area contributed by atoms with Crippen LogP contribution >= 0.6 is 23.2 Å². The molecule has 0 fully saturated rings. The van der Waals surface area contributed by atoms with Gasteiger partial charge in [-0.1, -0.05) is 29.3 Å². The van der Waals surface area contributed by atoms with Crippen LogP contribution in [0, 0.1) is 0 Å². The lowest BCUT2D eigenvalue weighted by Crippen LogP contribution is -2.29. The summed E-state index contributed by atoms with van der Waals surface area (Å²) >= 11 is 12.1. The topological polar surface area (TPSA) is 69.6 Å². The molecular weight excluding hydrogens is 415 g/mol. The number of benzene rings is 2. The number of pyridine rings is 1. The van der Waals surface area contributed by atoms with E-state index in [1.54, 1.807) is 48.7 Å². The third-order valence-corrected chi connectivity index (χ3v) is 4.85. The Hall–Kier alpha value is -2.96. The van der Waals surface area contributed by atoms with Crippen molar-refractivity contribution in [3.8, 4) is 11.5 Å². The summed E-state index contributed by atoms with van der Waals surface area (Å²) in [4.78, 5) is 25.5. The average Bonchev–Trinajstić information content (AvgIpc) is 2.71. The van der Waals surface area contributed by atoms with Crippen LogP contribution in [0.15, 0.2) is 59.5 Å². The molecule has 0 aliphatic heterocycles. The van der Waals surface area contributed by atoms with E-state index in [0.717, 1.165) is 5.56 Å². The summed E-state index contributed by atoms with van der Waals surface area (Å²) in [6.07, 6.45) is 1.60. The van der Waals surface area contributed by atoms with Gasteiger partial charge in [0.2, 0.25) is 0 Å². The number of hydrogen-bond acceptors (Lipinski definition) is 4. The minimum Gasteiger partial charge on any atom is -0.493 e. The standard InChI is InChI=1S/C21H18Cl2N2O4/c1-28-18-8-7-15(11-19(18)29-2)24-20(26)16-4-3-9-25(21(16)27)12-13-5-6-14(22)10-17(13)23/h3-11H,12H2,1-2H3,(H,24,26). The van der Waals surface area contributed by atoms with Gasteiger partial charge < -0.3 is 19.4 Å². The van der Waals surface area contributed by atoms with Gasteiger partial charge in [-0.05, 0) is 42.0 Å². The highest BCUT2D eigenvalue weighted by Crippen LogP contribution is 2.29. The fraction of sp³-hybridized carbons (Fsp3) is 0.143. The van der Waals surface area contributed by atoms with Gasteiger partial charge in [-0.15, -0.1) is 0 Å². The van der Waals surface area contributed by atoms with E-state index in [9.17, 15) is 9.59 Å². The van der Waals surface area contributed by atoms with Crippen molar-refractivity contribution in [1.82, 2.24) is 4.57 Å². The molecule has 0 aliphatic carbocycles. The lowest BCUT2D eigenvalue weighted by atomic mass is 10.2. The molecule has 3 aromatic rings. The number of ether oxygens (including phenoxy) is 2. The fourth-order valence-electron chi connectivity index (χ4n) is 2.78. The number of carbonyl (C=O) groups is 1. The SMILES string of the molecule is COc1ccc(NC(=O)c2cccn(Cc3ccc(Cl)cc3Cl)c2=O)cc1OC. The second-order valence-corrected chi connectivity index (χ2v) is 6.96. The zero-order chi connectivity index (χ0) is 21.0. The molecule has 0 saturated heterocycles. The molecule has 1 amide bonds. The number of aromatic nitrogens is 1. The molecule has 0 saturated carbocycles. The molecule has 29 heavy (non-hydrogen) atoms. The molecule has 6 nitrogen and oxygen atoms in total. The number of nitrogens with one attached hydrogen (secondary N) is 1. The first-order chi connectivity index (χ1) is 13.9. The Morgan fingerprint density at radius 1 is 1.03 bits per heavy atom. The van der Waals surface area contributed by atoms with E-state index in [4.69, 9.17) is 32.7 Å². The molecule has 0 atom stereocenters. The molecule has 0 aliphatic rings. The van der Waals surface area contributed by atoms with Crippen LogP contribution in [-0.4, -0.2) is 24.7 Å². The molecule has 1 aromatic heterocycles. The van der Waals surface area contributed by atoms with Crippen LogP contribution < -0.4 is 20.3 Å². The fourth-order valence-corrected chi connectivity index (χ4v) is 3.25. The summed E-state index contributed by atoms with van der Waals surface area (Å²) < 4.78 is 11.8. The smallest absolute Gasteiger partial charge is 0.263 e. The first kappa shape index (κ1) is 20.8. The quantitative estimate of drug-likeness (QED) is 0.623. The van der Waals surface area contributed by atoms with Crippen LogP contribution in [0.25, 0.3) is 0 Å². The minimum absolute atomic E-state index is 0.00682. The van der Waals surface area contributed by atoms with Crippen LogP contribution in [0.3, 0.4) is 0 Å². The van der Waals surface area contributed by atoms with Crippen molar-refractivity contribution >= 4 is 34.8 Å². The van der Waals surface area contributed by atoms with Crippen LogP contribution in [0.2, 0.25) is 10.0 Å². The van der Waals surface area contributed by atoms with E-state index in [1.165, 1.54) is 24.9 Å². The maximum Gasteiger partial charge on any atom is 0.263 e. The van der Waals surface area contributed by atoms with Gasteiger partial charge in [-0.25, -0.2) is 0 Å². The van der Waals surface area contributed by atoms with Gasteiger partial charge >= 0.3 is 0 Å². The number of anilines is 1. The van der Waals surface area contributed by atoms with Gasteiger partial charge in [-0.3, -0.25) is 9.59 Å². The zero-order valence-electron chi connectivity index (χ0n) is 15.7. The maximum atomic E-state index is 12.8. The number of halogens is 2. The summed E-state index contributed by atoms with van der Waals surface area (Å²) in [5.74, 6) is 0.472. The average molecular weight is 433 g/mol.